The second kappa shape index (κ2) is 8.71. The van der Waals surface area contributed by atoms with Crippen molar-refractivity contribution in [3.63, 3.8) is 0 Å². The van der Waals surface area contributed by atoms with Gasteiger partial charge in [0.1, 0.15) is 0 Å². The third-order valence-corrected chi connectivity index (χ3v) is 7.18. The first-order valence-electron chi connectivity index (χ1n) is 9.95. The number of rotatable bonds is 8. The van der Waals surface area contributed by atoms with Gasteiger partial charge in [-0.2, -0.15) is 0 Å². The molecule has 0 aliphatic heterocycles. The summed E-state index contributed by atoms with van der Waals surface area (Å²) >= 11 is 0. The maximum Gasteiger partial charge on any atom is 0.253 e. The number of sulfonamides is 1. The lowest BCUT2D eigenvalue weighted by molar-refractivity contribution is 0.0767. The second-order valence-electron chi connectivity index (χ2n) is 7.92. The van der Waals surface area contributed by atoms with Gasteiger partial charge in [0, 0.05) is 37.8 Å². The molecule has 150 valence electrons. The minimum absolute atomic E-state index is 0.0728. The maximum absolute atomic E-state index is 12.6. The molecule has 2 saturated carbocycles. The minimum Gasteiger partial charge on any atom is -0.340 e. The molecule has 0 unspecified atom stereocenters. The zero-order valence-corrected chi connectivity index (χ0v) is 17.2. The zero-order chi connectivity index (χ0) is 19.4. The van der Waals surface area contributed by atoms with E-state index in [1.807, 2.05) is 0 Å². The fourth-order valence-corrected chi connectivity index (χ4v) is 4.90. The first-order chi connectivity index (χ1) is 12.9. The average molecular weight is 394 g/mol. The highest BCUT2D eigenvalue weighted by molar-refractivity contribution is 7.89. The fourth-order valence-electron chi connectivity index (χ4n) is 3.60. The van der Waals surface area contributed by atoms with E-state index in [-0.39, 0.29) is 16.8 Å². The molecule has 2 aliphatic rings. The first kappa shape index (κ1) is 20.3. The Balaban J connectivity index is 1.53. The van der Waals surface area contributed by atoms with E-state index >= 15 is 0 Å². The Labute approximate surface area is 163 Å². The molecular weight excluding hydrogens is 362 g/mol. The molecule has 7 heteroatoms. The summed E-state index contributed by atoms with van der Waals surface area (Å²) in [4.78, 5) is 16.9. The molecule has 6 nitrogen and oxygen atoms in total. The number of nitrogens with zero attached hydrogens (tertiary/aromatic N) is 2. The predicted molar refractivity (Wildman–Crippen MR) is 106 cm³/mol. The molecule has 0 atom stereocenters. The molecule has 3 rings (SSSR count). The molecule has 1 N–H and O–H groups in total. The number of hydrogen-bond acceptors (Lipinski definition) is 4. The SMILES string of the molecule is CN(CCN(C)C1CCCCC1)C(=O)c1ccc(S(=O)(=O)NC2CC2)cc1. The summed E-state index contributed by atoms with van der Waals surface area (Å²) in [6.45, 7) is 1.51. The number of carbonyl (C=O) groups excluding carboxylic acids is 1. The van der Waals surface area contributed by atoms with Crippen molar-refractivity contribution in [2.75, 3.05) is 27.2 Å². The first-order valence-corrected chi connectivity index (χ1v) is 11.4. The summed E-state index contributed by atoms with van der Waals surface area (Å²) in [5.41, 5.74) is 0.517. The van der Waals surface area contributed by atoms with Gasteiger partial charge in [-0.25, -0.2) is 13.1 Å². The van der Waals surface area contributed by atoms with Gasteiger partial charge in [-0.15, -0.1) is 0 Å². The Morgan fingerprint density at radius 2 is 1.63 bits per heavy atom. The van der Waals surface area contributed by atoms with Gasteiger partial charge in [0.2, 0.25) is 10.0 Å². The van der Waals surface area contributed by atoms with Crippen molar-refractivity contribution in [3.8, 4) is 0 Å². The van der Waals surface area contributed by atoms with Crippen LogP contribution in [0.5, 0.6) is 0 Å². The van der Waals surface area contributed by atoms with Gasteiger partial charge in [-0.05, 0) is 57.0 Å². The van der Waals surface area contributed by atoms with Crippen molar-refractivity contribution < 1.29 is 13.2 Å². The van der Waals surface area contributed by atoms with Crippen LogP contribution in [0.2, 0.25) is 0 Å². The van der Waals surface area contributed by atoms with Crippen molar-refractivity contribution in [2.45, 2.75) is 61.9 Å². The van der Waals surface area contributed by atoms with Crippen LogP contribution < -0.4 is 4.72 Å². The van der Waals surface area contributed by atoms with Gasteiger partial charge in [-0.1, -0.05) is 19.3 Å². The number of hydrogen-bond donors (Lipinski definition) is 1. The van der Waals surface area contributed by atoms with Crippen LogP contribution in [-0.2, 0) is 10.0 Å². The van der Waals surface area contributed by atoms with E-state index in [0.29, 0.717) is 18.2 Å². The lowest BCUT2D eigenvalue weighted by Crippen LogP contribution is -2.40. The van der Waals surface area contributed by atoms with Gasteiger partial charge < -0.3 is 9.80 Å². The fraction of sp³-hybridized carbons (Fsp3) is 0.650. The normalized spacial score (nSPS) is 18.6. The van der Waals surface area contributed by atoms with Crippen LogP contribution in [0.25, 0.3) is 0 Å². The average Bonchev–Trinajstić information content (AvgIpc) is 3.49. The molecule has 2 fully saturated rings. The lowest BCUT2D eigenvalue weighted by Gasteiger charge is -2.32. The number of nitrogens with one attached hydrogen (secondary N) is 1. The molecule has 0 heterocycles. The third-order valence-electron chi connectivity index (χ3n) is 5.64. The number of likely N-dealkylation sites (N-methyl/N-ethyl adjacent to an activating group) is 2. The van der Waals surface area contributed by atoms with Crippen LogP contribution in [-0.4, -0.2) is 63.4 Å². The molecule has 0 aromatic heterocycles. The van der Waals surface area contributed by atoms with E-state index in [0.717, 1.165) is 19.4 Å². The summed E-state index contributed by atoms with van der Waals surface area (Å²) in [5, 5.41) is 0. The Morgan fingerprint density at radius 1 is 1.00 bits per heavy atom. The van der Waals surface area contributed by atoms with E-state index in [1.54, 1.807) is 24.1 Å². The van der Waals surface area contributed by atoms with Crippen molar-refractivity contribution in [3.05, 3.63) is 29.8 Å². The molecule has 1 aromatic rings. The smallest absolute Gasteiger partial charge is 0.253 e. The van der Waals surface area contributed by atoms with Gasteiger partial charge in [0.05, 0.1) is 4.90 Å². The van der Waals surface area contributed by atoms with Gasteiger partial charge >= 0.3 is 0 Å². The summed E-state index contributed by atoms with van der Waals surface area (Å²) in [7, 11) is 0.466. The highest BCUT2D eigenvalue weighted by Gasteiger charge is 2.28. The summed E-state index contributed by atoms with van der Waals surface area (Å²) in [6.07, 6.45) is 8.23. The van der Waals surface area contributed by atoms with Gasteiger partial charge in [0.25, 0.3) is 5.91 Å². The quantitative estimate of drug-likeness (QED) is 0.737. The van der Waals surface area contributed by atoms with Crippen LogP contribution >= 0.6 is 0 Å². The third kappa shape index (κ3) is 5.53. The standard InChI is InChI=1S/C20H31N3O3S/c1-22(18-6-4-3-5-7-18)14-15-23(2)20(24)16-8-12-19(13-9-16)27(25,26)21-17-10-11-17/h8-9,12-13,17-18,21H,3-7,10-11,14-15H2,1-2H3. The number of carbonyl (C=O) groups is 1. The zero-order valence-electron chi connectivity index (χ0n) is 16.4. The van der Waals surface area contributed by atoms with Crippen molar-refractivity contribution in [2.24, 2.45) is 0 Å². The monoisotopic (exact) mass is 393 g/mol. The van der Waals surface area contributed by atoms with Crippen molar-refractivity contribution in [1.82, 2.24) is 14.5 Å². The molecule has 0 saturated heterocycles. The van der Waals surface area contributed by atoms with Crippen molar-refractivity contribution in [1.29, 1.82) is 0 Å². The van der Waals surface area contributed by atoms with Crippen LogP contribution in [0.4, 0.5) is 0 Å². The summed E-state index contributed by atoms with van der Waals surface area (Å²) in [6, 6.07) is 6.94. The van der Waals surface area contributed by atoms with E-state index in [9.17, 15) is 13.2 Å². The van der Waals surface area contributed by atoms with Gasteiger partial charge in [0.15, 0.2) is 0 Å². The largest absolute Gasteiger partial charge is 0.340 e. The highest BCUT2D eigenvalue weighted by atomic mass is 32.2. The Morgan fingerprint density at radius 3 is 2.22 bits per heavy atom. The highest BCUT2D eigenvalue weighted by Crippen LogP contribution is 2.23. The van der Waals surface area contributed by atoms with Gasteiger partial charge in [-0.3, -0.25) is 4.79 Å². The molecule has 1 aromatic carbocycles. The van der Waals surface area contributed by atoms with E-state index in [4.69, 9.17) is 0 Å². The molecule has 0 bridgehead atoms. The van der Waals surface area contributed by atoms with Crippen LogP contribution in [0.3, 0.4) is 0 Å². The Bertz CT molecular complexity index is 738. The maximum atomic E-state index is 12.6. The van der Waals surface area contributed by atoms with E-state index < -0.39 is 10.0 Å². The second-order valence-corrected chi connectivity index (χ2v) is 9.63. The molecular formula is C20H31N3O3S. The van der Waals surface area contributed by atoms with E-state index in [2.05, 4.69) is 16.7 Å². The Hall–Kier alpha value is -1.44. The summed E-state index contributed by atoms with van der Waals surface area (Å²) in [5.74, 6) is -0.0776. The molecule has 0 radical (unpaired) electrons. The van der Waals surface area contributed by atoms with E-state index in [1.165, 1.54) is 44.2 Å². The number of amides is 1. The molecule has 0 spiro atoms. The van der Waals surface area contributed by atoms with Crippen LogP contribution in [0.15, 0.2) is 29.2 Å². The molecule has 1 amide bonds. The Kier molecular flexibility index (Phi) is 6.55. The minimum atomic E-state index is -3.48. The summed E-state index contributed by atoms with van der Waals surface area (Å²) < 4.78 is 27.1. The molecule has 27 heavy (non-hydrogen) atoms. The van der Waals surface area contributed by atoms with Crippen molar-refractivity contribution >= 4 is 15.9 Å². The van der Waals surface area contributed by atoms with Crippen LogP contribution in [0.1, 0.15) is 55.3 Å². The number of benzene rings is 1. The molecule has 2 aliphatic carbocycles. The van der Waals surface area contributed by atoms with Crippen LogP contribution in [0, 0.1) is 0 Å². The lowest BCUT2D eigenvalue weighted by atomic mass is 9.94. The topological polar surface area (TPSA) is 69.7 Å². The predicted octanol–water partition coefficient (Wildman–Crippen LogP) is 2.46.